The number of carbonyl (C=O) groups excluding carboxylic acids is 2. The zero-order valence-corrected chi connectivity index (χ0v) is 25.0. The van der Waals surface area contributed by atoms with Gasteiger partial charge in [-0.1, -0.05) is 56.7 Å². The molecule has 10 heteroatoms. The van der Waals surface area contributed by atoms with E-state index in [4.69, 9.17) is 0 Å². The smallest absolute Gasteiger partial charge is 0.243 e. The number of aryl methyl sites for hydroxylation is 2. The second-order valence-corrected chi connectivity index (χ2v) is 16.2. The van der Waals surface area contributed by atoms with Crippen LogP contribution in [0.2, 0.25) is 0 Å². The molecule has 6 rings (SSSR count). The molecule has 222 valence electrons. The minimum Gasteiger partial charge on any atom is -0.300 e. The number of carbonyl (C=O) groups is 2. The van der Waals surface area contributed by atoms with E-state index in [1.807, 2.05) is 39.8 Å². The van der Waals surface area contributed by atoms with Gasteiger partial charge in [-0.2, -0.15) is 8.61 Å². The third-order valence-electron chi connectivity index (χ3n) is 8.89. The molecule has 2 heterocycles. The molecule has 0 amide bonds. The number of nitrogens with zero attached hydrogens (tertiary/aromatic N) is 2. The third kappa shape index (κ3) is 5.84. The van der Waals surface area contributed by atoms with Crippen molar-refractivity contribution in [3.8, 4) is 0 Å². The predicted octanol–water partition coefficient (Wildman–Crippen LogP) is 4.53. The summed E-state index contributed by atoms with van der Waals surface area (Å²) in [7, 11) is -6.90. The number of allylic oxidation sites excluding steroid dienone is 1. The fourth-order valence-corrected chi connectivity index (χ4v) is 9.55. The number of hydrogen-bond donors (Lipinski definition) is 0. The highest BCUT2D eigenvalue weighted by molar-refractivity contribution is 7.89. The molecule has 41 heavy (non-hydrogen) atoms. The molecule has 1 saturated carbocycles. The summed E-state index contributed by atoms with van der Waals surface area (Å²) in [4.78, 5) is 23.7. The Morgan fingerprint density at radius 2 is 1.27 bits per heavy atom. The Morgan fingerprint density at radius 1 is 0.756 bits per heavy atom. The van der Waals surface area contributed by atoms with Gasteiger partial charge in [-0.3, -0.25) is 9.59 Å². The Bertz CT molecular complexity index is 1600. The van der Waals surface area contributed by atoms with E-state index in [9.17, 15) is 26.4 Å². The van der Waals surface area contributed by atoms with Crippen molar-refractivity contribution in [2.75, 3.05) is 26.2 Å². The molecule has 0 spiro atoms. The van der Waals surface area contributed by atoms with E-state index in [0.29, 0.717) is 55.2 Å². The molecular formula is C31H40N2O6S2. The maximum atomic E-state index is 12.6. The van der Waals surface area contributed by atoms with Crippen molar-refractivity contribution in [3.05, 3.63) is 71.3 Å². The molecule has 8 nitrogen and oxygen atoms in total. The summed E-state index contributed by atoms with van der Waals surface area (Å²) in [6.07, 6.45) is 3.07. The lowest BCUT2D eigenvalue weighted by atomic mass is 9.83. The van der Waals surface area contributed by atoms with Crippen LogP contribution < -0.4 is 0 Å². The van der Waals surface area contributed by atoms with E-state index < -0.39 is 20.0 Å². The van der Waals surface area contributed by atoms with Crippen LogP contribution in [0.1, 0.15) is 51.7 Å². The van der Waals surface area contributed by atoms with Crippen LogP contribution in [-0.2, 0) is 29.6 Å². The number of benzene rings is 2. The lowest BCUT2D eigenvalue weighted by Crippen LogP contribution is -2.31. The lowest BCUT2D eigenvalue weighted by molar-refractivity contribution is -0.118. The average Bonchev–Trinajstić information content (AvgIpc) is 3.53. The van der Waals surface area contributed by atoms with Gasteiger partial charge in [-0.15, -0.1) is 0 Å². The molecule has 4 aliphatic rings. The summed E-state index contributed by atoms with van der Waals surface area (Å²) in [6, 6.07) is 13.8. The van der Waals surface area contributed by atoms with Gasteiger partial charge < -0.3 is 0 Å². The van der Waals surface area contributed by atoms with E-state index in [0.717, 1.165) is 16.7 Å². The molecule has 0 bridgehead atoms. The van der Waals surface area contributed by atoms with E-state index in [-0.39, 0.29) is 35.7 Å². The standard InChI is InChI=1S/C15H19NO3S.C15H17NO3S.CH4/c2*1-11-3-5-14(6-4-11)20(18,19)16-9-12-7-13(17)8-15(12,2)10-16;/h3-6,12H,7-10H2,1-2H3;3-7H,8-10H2,1-2H3;1H4. The molecule has 3 fully saturated rings. The Hall–Kier alpha value is -2.66. The molecule has 2 aromatic carbocycles. The van der Waals surface area contributed by atoms with Crippen molar-refractivity contribution in [1.29, 1.82) is 0 Å². The molecule has 0 N–H and O–H groups in total. The summed E-state index contributed by atoms with van der Waals surface area (Å²) in [5, 5.41) is 0. The second kappa shape index (κ2) is 10.9. The topological polar surface area (TPSA) is 109 Å². The van der Waals surface area contributed by atoms with Gasteiger partial charge >= 0.3 is 0 Å². The summed E-state index contributed by atoms with van der Waals surface area (Å²) in [5.74, 6) is 0.551. The monoisotopic (exact) mass is 600 g/mol. The van der Waals surface area contributed by atoms with E-state index in [1.54, 1.807) is 46.8 Å². The van der Waals surface area contributed by atoms with E-state index >= 15 is 0 Å². The van der Waals surface area contributed by atoms with Gasteiger partial charge in [0.25, 0.3) is 0 Å². The van der Waals surface area contributed by atoms with Crippen LogP contribution in [0.15, 0.2) is 70.0 Å². The fourth-order valence-electron chi connectivity index (χ4n) is 6.39. The van der Waals surface area contributed by atoms with E-state index in [2.05, 4.69) is 0 Å². The quantitative estimate of drug-likeness (QED) is 0.511. The molecule has 2 aliphatic heterocycles. The Morgan fingerprint density at radius 3 is 1.76 bits per heavy atom. The maximum absolute atomic E-state index is 12.6. The van der Waals surface area contributed by atoms with Gasteiger partial charge in [-0.25, -0.2) is 16.8 Å². The predicted molar refractivity (Wildman–Crippen MR) is 158 cm³/mol. The highest BCUT2D eigenvalue weighted by Gasteiger charge is 2.52. The van der Waals surface area contributed by atoms with Gasteiger partial charge in [-0.05, 0) is 61.1 Å². The number of hydrogen-bond acceptors (Lipinski definition) is 6. The van der Waals surface area contributed by atoms with Crippen LogP contribution in [0.5, 0.6) is 0 Å². The van der Waals surface area contributed by atoms with Crippen molar-refractivity contribution in [1.82, 2.24) is 8.61 Å². The van der Waals surface area contributed by atoms with E-state index in [1.165, 1.54) is 4.31 Å². The van der Waals surface area contributed by atoms with Crippen molar-refractivity contribution in [2.45, 2.75) is 64.2 Å². The van der Waals surface area contributed by atoms with Crippen LogP contribution in [0.25, 0.3) is 0 Å². The molecule has 3 atom stereocenters. The molecular weight excluding hydrogens is 560 g/mol. The second-order valence-electron chi connectivity index (χ2n) is 12.3. The van der Waals surface area contributed by atoms with Gasteiger partial charge in [0.15, 0.2) is 5.78 Å². The number of Topliss-reactive ketones (excluding diaryl/α,β-unsaturated/α-hetero) is 1. The first kappa shape index (κ1) is 31.3. The van der Waals surface area contributed by atoms with Crippen LogP contribution in [0.3, 0.4) is 0 Å². The van der Waals surface area contributed by atoms with Gasteiger partial charge in [0.2, 0.25) is 20.0 Å². The minimum absolute atomic E-state index is 0. The van der Waals surface area contributed by atoms with Gasteiger partial charge in [0.05, 0.1) is 9.79 Å². The molecule has 0 aromatic heterocycles. The van der Waals surface area contributed by atoms with Crippen LogP contribution >= 0.6 is 0 Å². The zero-order valence-electron chi connectivity index (χ0n) is 23.4. The fraction of sp³-hybridized carbons (Fsp3) is 0.484. The Labute approximate surface area is 244 Å². The first-order valence-corrected chi connectivity index (χ1v) is 16.4. The highest BCUT2D eigenvalue weighted by atomic mass is 32.2. The number of fused-ring (bicyclic) bond motifs is 2. The molecule has 2 saturated heterocycles. The molecule has 2 aliphatic carbocycles. The van der Waals surface area contributed by atoms with Crippen LogP contribution in [-0.4, -0.2) is 63.2 Å². The summed E-state index contributed by atoms with van der Waals surface area (Å²) >= 11 is 0. The maximum Gasteiger partial charge on any atom is 0.243 e. The Balaban J connectivity index is 0.000000184. The van der Waals surface area contributed by atoms with Gasteiger partial charge in [0, 0.05) is 50.9 Å². The summed E-state index contributed by atoms with van der Waals surface area (Å²) < 4.78 is 53.5. The minimum atomic E-state index is -3.47. The molecule has 0 radical (unpaired) electrons. The van der Waals surface area contributed by atoms with Crippen molar-refractivity contribution >= 4 is 31.6 Å². The Kier molecular flexibility index (Phi) is 8.30. The SMILES string of the molecule is C.Cc1ccc(S(=O)(=O)N2CC3=CC(=O)CC3(C)C2)cc1.Cc1ccc(S(=O)(=O)N2CC3CC(=O)CC3(C)C2)cc1. The van der Waals surface area contributed by atoms with Crippen molar-refractivity contribution < 1.29 is 26.4 Å². The average molecular weight is 601 g/mol. The third-order valence-corrected chi connectivity index (χ3v) is 12.5. The summed E-state index contributed by atoms with van der Waals surface area (Å²) in [6.45, 7) is 9.51. The number of ketones is 2. The first-order valence-electron chi connectivity index (χ1n) is 13.5. The molecule has 3 unspecified atom stereocenters. The van der Waals surface area contributed by atoms with Crippen LogP contribution in [0.4, 0.5) is 0 Å². The first-order chi connectivity index (χ1) is 18.6. The van der Waals surface area contributed by atoms with Gasteiger partial charge in [0.1, 0.15) is 5.78 Å². The number of sulfonamides is 2. The highest BCUT2D eigenvalue weighted by Crippen LogP contribution is 2.48. The molecule has 2 aromatic rings. The van der Waals surface area contributed by atoms with Crippen molar-refractivity contribution in [3.63, 3.8) is 0 Å². The number of rotatable bonds is 4. The largest absolute Gasteiger partial charge is 0.300 e. The lowest BCUT2D eigenvalue weighted by Gasteiger charge is -2.22. The zero-order chi connectivity index (χ0) is 29.1. The van der Waals surface area contributed by atoms with Crippen LogP contribution in [0, 0.1) is 30.6 Å². The normalized spacial score (nSPS) is 28.0. The van der Waals surface area contributed by atoms with Crippen molar-refractivity contribution in [2.24, 2.45) is 16.7 Å². The summed E-state index contributed by atoms with van der Waals surface area (Å²) in [5.41, 5.74) is 2.53.